The maximum absolute atomic E-state index is 11.7. The zero-order chi connectivity index (χ0) is 16.1. The van der Waals surface area contributed by atoms with E-state index in [1.807, 2.05) is 0 Å². The molecule has 0 aliphatic carbocycles. The summed E-state index contributed by atoms with van der Waals surface area (Å²) in [4.78, 5) is 10.8. The van der Waals surface area contributed by atoms with Crippen molar-refractivity contribution in [3.63, 3.8) is 0 Å². The van der Waals surface area contributed by atoms with Crippen molar-refractivity contribution in [2.75, 3.05) is 11.5 Å². The molecule has 21 heavy (non-hydrogen) atoms. The van der Waals surface area contributed by atoms with E-state index in [0.717, 1.165) is 12.8 Å². The van der Waals surface area contributed by atoms with Crippen LogP contribution in [0.25, 0.3) is 0 Å². The van der Waals surface area contributed by atoms with Crippen molar-refractivity contribution in [2.45, 2.75) is 78.1 Å². The molecule has 0 saturated carbocycles. The van der Waals surface area contributed by atoms with Crippen LogP contribution < -0.4 is 5.73 Å². The third-order valence-electron chi connectivity index (χ3n) is 3.76. The van der Waals surface area contributed by atoms with Crippen molar-refractivity contribution in [3.8, 4) is 0 Å². The first-order valence-electron chi connectivity index (χ1n) is 8.35. The highest BCUT2D eigenvalue weighted by atomic mass is 32.2. The van der Waals surface area contributed by atoms with Gasteiger partial charge in [0, 0.05) is 0 Å². The Balaban J connectivity index is 3.51. The Hall–Kier alpha value is -0.580. The summed E-state index contributed by atoms with van der Waals surface area (Å²) < 4.78 is 23.5. The molecule has 1 amide bonds. The summed E-state index contributed by atoms with van der Waals surface area (Å²) in [5, 5.41) is 0. The maximum Gasteiger partial charge on any atom is 0.242 e. The monoisotopic (exact) mass is 318 g/mol. The molecule has 0 rings (SSSR count). The second kappa shape index (κ2) is 12.0. The third-order valence-corrected chi connectivity index (χ3v) is 5.68. The van der Waals surface area contributed by atoms with Gasteiger partial charge in [-0.3, -0.25) is 10.5 Å². The molecule has 0 aliphatic heterocycles. The molecule has 4 nitrogen and oxygen atoms in total. The largest absolute Gasteiger partial charge is 0.273 e. The summed E-state index contributed by atoms with van der Waals surface area (Å²) in [6, 6.07) is 0. The standard InChI is InChI=1S/C16H32NO3S/c1-3-4-5-6-7-8-9-10-11-12-13-21(19,20)14-15(2)16(17)18/h15,17H,3-14H2,1-2H3. The average Bonchev–Trinajstić information content (AvgIpc) is 2.40. The van der Waals surface area contributed by atoms with E-state index in [-0.39, 0.29) is 11.5 Å². The molecule has 125 valence electrons. The lowest BCUT2D eigenvalue weighted by Gasteiger charge is -2.08. The van der Waals surface area contributed by atoms with Crippen molar-refractivity contribution in [1.29, 1.82) is 0 Å². The van der Waals surface area contributed by atoms with Gasteiger partial charge in [-0.05, 0) is 6.42 Å². The highest BCUT2D eigenvalue weighted by molar-refractivity contribution is 7.91. The van der Waals surface area contributed by atoms with Gasteiger partial charge in [0.25, 0.3) is 0 Å². The van der Waals surface area contributed by atoms with Gasteiger partial charge in [-0.25, -0.2) is 8.42 Å². The number of carbonyl (C=O) groups excluding carboxylic acids is 1. The van der Waals surface area contributed by atoms with E-state index in [4.69, 9.17) is 5.73 Å². The Morgan fingerprint density at radius 2 is 1.33 bits per heavy atom. The summed E-state index contributed by atoms with van der Waals surface area (Å²) in [7, 11) is -3.17. The molecule has 0 aromatic carbocycles. The number of hydrogen-bond donors (Lipinski definition) is 0. The lowest BCUT2D eigenvalue weighted by atomic mass is 10.1. The van der Waals surface area contributed by atoms with Crippen molar-refractivity contribution in [3.05, 3.63) is 0 Å². The maximum atomic E-state index is 11.7. The lowest BCUT2D eigenvalue weighted by Crippen LogP contribution is -2.23. The third kappa shape index (κ3) is 12.8. The molecule has 1 unspecified atom stereocenters. The van der Waals surface area contributed by atoms with Gasteiger partial charge in [-0.15, -0.1) is 0 Å². The minimum Gasteiger partial charge on any atom is -0.273 e. The minimum atomic E-state index is -3.17. The summed E-state index contributed by atoms with van der Waals surface area (Å²) in [5.74, 6) is -1.51. The van der Waals surface area contributed by atoms with Gasteiger partial charge in [0.1, 0.15) is 0 Å². The van der Waals surface area contributed by atoms with E-state index in [1.54, 1.807) is 0 Å². The molecule has 1 N–H and O–H groups in total. The molecule has 1 atom stereocenters. The van der Waals surface area contributed by atoms with Gasteiger partial charge in [0.2, 0.25) is 5.91 Å². The Kier molecular flexibility index (Phi) is 11.7. The Morgan fingerprint density at radius 1 is 0.905 bits per heavy atom. The van der Waals surface area contributed by atoms with E-state index in [1.165, 1.54) is 51.9 Å². The highest BCUT2D eigenvalue weighted by Crippen LogP contribution is 2.11. The quantitative estimate of drug-likeness (QED) is 0.457. The van der Waals surface area contributed by atoms with Crippen molar-refractivity contribution < 1.29 is 13.2 Å². The number of amides is 1. The van der Waals surface area contributed by atoms with Crippen LogP contribution in [-0.4, -0.2) is 25.8 Å². The van der Waals surface area contributed by atoms with Crippen LogP contribution in [-0.2, 0) is 14.6 Å². The van der Waals surface area contributed by atoms with Gasteiger partial charge >= 0.3 is 0 Å². The molecule has 0 spiro atoms. The van der Waals surface area contributed by atoms with Gasteiger partial charge in [-0.1, -0.05) is 71.6 Å². The number of sulfone groups is 1. The zero-order valence-corrected chi connectivity index (χ0v) is 14.5. The Bertz CT molecular complexity index is 366. The second-order valence-electron chi connectivity index (χ2n) is 6.06. The number of rotatable bonds is 14. The Labute approximate surface area is 130 Å². The van der Waals surface area contributed by atoms with Gasteiger partial charge in [0.05, 0.1) is 17.4 Å². The van der Waals surface area contributed by atoms with E-state index < -0.39 is 21.7 Å². The van der Waals surface area contributed by atoms with Gasteiger partial charge in [-0.2, -0.15) is 0 Å². The molecule has 0 bridgehead atoms. The summed E-state index contributed by atoms with van der Waals surface area (Å²) in [6.45, 7) is 3.72. The molecule has 0 aliphatic rings. The molecule has 5 heteroatoms. The topological polar surface area (TPSA) is 75.0 Å². The van der Waals surface area contributed by atoms with Crippen LogP contribution in [0.4, 0.5) is 0 Å². The van der Waals surface area contributed by atoms with Gasteiger partial charge in [0.15, 0.2) is 9.84 Å². The fourth-order valence-electron chi connectivity index (χ4n) is 2.35. The van der Waals surface area contributed by atoms with E-state index in [9.17, 15) is 13.2 Å². The summed E-state index contributed by atoms with van der Waals surface area (Å²) >= 11 is 0. The molecular weight excluding hydrogens is 286 g/mol. The average molecular weight is 319 g/mol. The first-order valence-corrected chi connectivity index (χ1v) is 10.2. The SMILES string of the molecule is CCCCCCCCCCCCS(=O)(=O)CC(C)C([NH])=O. The number of unbranched alkanes of at least 4 members (excludes halogenated alkanes) is 9. The molecular formula is C16H32NO3S. The predicted octanol–water partition coefficient (Wildman–Crippen LogP) is 3.77. The second-order valence-corrected chi connectivity index (χ2v) is 8.29. The number of carbonyl (C=O) groups is 1. The summed E-state index contributed by atoms with van der Waals surface area (Å²) in [5.41, 5.74) is 6.91. The van der Waals surface area contributed by atoms with Crippen LogP contribution in [0.5, 0.6) is 0 Å². The number of nitrogens with one attached hydrogen (secondary N) is 1. The van der Waals surface area contributed by atoms with Crippen molar-refractivity contribution in [1.82, 2.24) is 5.73 Å². The van der Waals surface area contributed by atoms with Crippen LogP contribution in [0.15, 0.2) is 0 Å². The molecule has 0 aromatic rings. The fraction of sp³-hybridized carbons (Fsp3) is 0.938. The highest BCUT2D eigenvalue weighted by Gasteiger charge is 2.19. The molecule has 0 saturated heterocycles. The zero-order valence-electron chi connectivity index (χ0n) is 13.7. The van der Waals surface area contributed by atoms with Crippen molar-refractivity contribution >= 4 is 15.7 Å². The van der Waals surface area contributed by atoms with Crippen LogP contribution in [0.1, 0.15) is 78.1 Å². The van der Waals surface area contributed by atoms with Crippen LogP contribution in [0.3, 0.4) is 0 Å². The molecule has 0 heterocycles. The Morgan fingerprint density at radius 3 is 1.76 bits per heavy atom. The first kappa shape index (κ1) is 20.4. The van der Waals surface area contributed by atoms with E-state index in [2.05, 4.69) is 6.92 Å². The fourth-order valence-corrected chi connectivity index (χ4v) is 4.07. The van der Waals surface area contributed by atoms with Crippen LogP contribution in [0.2, 0.25) is 0 Å². The lowest BCUT2D eigenvalue weighted by molar-refractivity contribution is -0.121. The smallest absolute Gasteiger partial charge is 0.242 e. The van der Waals surface area contributed by atoms with Gasteiger partial charge < -0.3 is 0 Å². The van der Waals surface area contributed by atoms with Crippen LogP contribution in [0, 0.1) is 5.92 Å². The number of hydrogen-bond acceptors (Lipinski definition) is 3. The first-order chi connectivity index (χ1) is 9.89. The molecule has 0 fully saturated rings. The van der Waals surface area contributed by atoms with E-state index in [0.29, 0.717) is 6.42 Å². The summed E-state index contributed by atoms with van der Waals surface area (Å²) in [6.07, 6.45) is 11.7. The van der Waals surface area contributed by atoms with E-state index >= 15 is 0 Å². The minimum absolute atomic E-state index is 0.154. The van der Waals surface area contributed by atoms with Crippen molar-refractivity contribution in [2.24, 2.45) is 5.92 Å². The normalized spacial score (nSPS) is 13.2. The molecule has 0 aromatic heterocycles. The predicted molar refractivity (Wildman–Crippen MR) is 87.8 cm³/mol. The van der Waals surface area contributed by atoms with Crippen LogP contribution >= 0.6 is 0 Å². The molecule has 1 radical (unpaired) electrons.